The van der Waals surface area contributed by atoms with E-state index in [4.69, 9.17) is 22.7 Å². The maximum atomic E-state index is 12.4. The smallest absolute Gasteiger partial charge is 0.216 e. The van der Waals surface area contributed by atoms with E-state index in [0.29, 0.717) is 18.0 Å². The SMILES string of the molecule is CCOCCS(=O)(=O)N(CCC(N)=S)Cc1cccnc1. The van der Waals surface area contributed by atoms with Crippen molar-refractivity contribution in [1.82, 2.24) is 9.29 Å². The minimum atomic E-state index is -3.42. The number of hydrogen-bond acceptors (Lipinski definition) is 5. The van der Waals surface area contributed by atoms with E-state index in [1.807, 2.05) is 13.0 Å². The Morgan fingerprint density at radius 2 is 2.29 bits per heavy atom. The Morgan fingerprint density at radius 1 is 1.52 bits per heavy atom. The van der Waals surface area contributed by atoms with Gasteiger partial charge in [0.2, 0.25) is 10.0 Å². The first-order valence-electron chi connectivity index (χ1n) is 6.68. The van der Waals surface area contributed by atoms with Gasteiger partial charge in [0.1, 0.15) is 0 Å². The maximum absolute atomic E-state index is 12.4. The summed E-state index contributed by atoms with van der Waals surface area (Å²) in [4.78, 5) is 4.29. The molecule has 6 nitrogen and oxygen atoms in total. The van der Waals surface area contributed by atoms with Crippen molar-refractivity contribution in [3.63, 3.8) is 0 Å². The van der Waals surface area contributed by atoms with E-state index >= 15 is 0 Å². The normalized spacial score (nSPS) is 11.7. The van der Waals surface area contributed by atoms with Gasteiger partial charge in [-0.1, -0.05) is 18.3 Å². The summed E-state index contributed by atoms with van der Waals surface area (Å²) < 4.78 is 31.2. The molecule has 0 aliphatic heterocycles. The van der Waals surface area contributed by atoms with Gasteiger partial charge in [-0.3, -0.25) is 4.98 Å². The van der Waals surface area contributed by atoms with Crippen molar-refractivity contribution in [3.05, 3.63) is 30.1 Å². The fraction of sp³-hybridized carbons (Fsp3) is 0.538. The van der Waals surface area contributed by atoms with Crippen LogP contribution < -0.4 is 5.73 Å². The van der Waals surface area contributed by atoms with Crippen LogP contribution in [0.3, 0.4) is 0 Å². The van der Waals surface area contributed by atoms with Gasteiger partial charge in [-0.2, -0.15) is 4.31 Å². The van der Waals surface area contributed by atoms with Gasteiger partial charge in [-0.05, 0) is 18.6 Å². The molecule has 8 heteroatoms. The molecule has 0 amide bonds. The highest BCUT2D eigenvalue weighted by Gasteiger charge is 2.22. The summed E-state index contributed by atoms with van der Waals surface area (Å²) in [7, 11) is -3.42. The average Bonchev–Trinajstić information content (AvgIpc) is 2.44. The highest BCUT2D eigenvalue weighted by atomic mass is 32.2. The van der Waals surface area contributed by atoms with Crippen molar-refractivity contribution in [2.24, 2.45) is 5.73 Å². The number of thiocarbonyl (C=S) groups is 1. The van der Waals surface area contributed by atoms with Crippen LogP contribution in [0.25, 0.3) is 0 Å². The Morgan fingerprint density at radius 3 is 2.86 bits per heavy atom. The van der Waals surface area contributed by atoms with Crippen LogP contribution in [-0.2, 0) is 21.3 Å². The molecular formula is C13H21N3O3S2. The summed E-state index contributed by atoms with van der Waals surface area (Å²) in [5, 5.41) is 0. The first-order valence-corrected chi connectivity index (χ1v) is 8.70. The highest BCUT2D eigenvalue weighted by Crippen LogP contribution is 2.10. The molecule has 1 heterocycles. The number of hydrogen-bond donors (Lipinski definition) is 1. The lowest BCUT2D eigenvalue weighted by Crippen LogP contribution is -2.36. The Bertz CT molecular complexity index is 535. The molecule has 0 saturated heterocycles. The minimum Gasteiger partial charge on any atom is -0.393 e. The van der Waals surface area contributed by atoms with Crippen molar-refractivity contribution in [1.29, 1.82) is 0 Å². The Kier molecular flexibility index (Phi) is 7.73. The predicted octanol–water partition coefficient (Wildman–Crippen LogP) is 0.926. The van der Waals surface area contributed by atoms with Crippen molar-refractivity contribution < 1.29 is 13.2 Å². The predicted molar refractivity (Wildman–Crippen MR) is 86.3 cm³/mol. The average molecular weight is 331 g/mol. The van der Waals surface area contributed by atoms with Gasteiger partial charge in [0.25, 0.3) is 0 Å². The standard InChI is InChI=1S/C13H21N3O3S2/c1-2-19-8-9-21(17,18)16(7-5-13(14)20)11-12-4-3-6-15-10-12/h3-4,6,10H,2,5,7-9,11H2,1H3,(H2,14,20). The number of aromatic nitrogens is 1. The number of nitrogens with two attached hydrogens (primary N) is 1. The first kappa shape index (κ1) is 18.0. The van der Waals surface area contributed by atoms with Gasteiger partial charge in [-0.25, -0.2) is 8.42 Å². The first-order chi connectivity index (χ1) is 9.95. The summed E-state index contributed by atoms with van der Waals surface area (Å²) in [5.74, 6) is -0.0571. The second-order valence-electron chi connectivity index (χ2n) is 4.42. The van der Waals surface area contributed by atoms with Crippen LogP contribution in [0.2, 0.25) is 0 Å². The van der Waals surface area contributed by atoms with Crippen LogP contribution in [0.5, 0.6) is 0 Å². The monoisotopic (exact) mass is 331 g/mol. The molecular weight excluding hydrogens is 310 g/mol. The van der Waals surface area contributed by atoms with Gasteiger partial charge in [0, 0.05) is 38.5 Å². The molecule has 0 atom stereocenters. The molecule has 0 radical (unpaired) electrons. The van der Waals surface area contributed by atoms with Crippen LogP contribution in [-0.4, -0.2) is 48.2 Å². The fourth-order valence-electron chi connectivity index (χ4n) is 1.68. The zero-order valence-corrected chi connectivity index (χ0v) is 13.7. The van der Waals surface area contributed by atoms with E-state index in [9.17, 15) is 8.42 Å². The number of sulfonamides is 1. The third-order valence-corrected chi connectivity index (χ3v) is 4.76. The molecule has 118 valence electrons. The molecule has 0 aliphatic rings. The third kappa shape index (κ3) is 6.94. The molecule has 0 bridgehead atoms. The summed E-state index contributed by atoms with van der Waals surface area (Å²) in [6.07, 6.45) is 3.64. The van der Waals surface area contributed by atoms with E-state index in [-0.39, 0.29) is 25.4 Å². The molecule has 1 rings (SSSR count). The van der Waals surface area contributed by atoms with Crippen molar-refractivity contribution >= 4 is 27.2 Å². The molecule has 0 unspecified atom stereocenters. The van der Waals surface area contributed by atoms with Crippen molar-refractivity contribution in [2.75, 3.05) is 25.5 Å². The van der Waals surface area contributed by atoms with Gasteiger partial charge >= 0.3 is 0 Å². The van der Waals surface area contributed by atoms with Crippen LogP contribution in [0, 0.1) is 0 Å². The number of rotatable bonds is 10. The fourth-order valence-corrected chi connectivity index (χ4v) is 3.08. The summed E-state index contributed by atoms with van der Waals surface area (Å²) in [5.41, 5.74) is 6.29. The van der Waals surface area contributed by atoms with Crippen LogP contribution >= 0.6 is 12.2 Å². The Labute approximate surface area is 131 Å². The van der Waals surface area contributed by atoms with Gasteiger partial charge in [0.05, 0.1) is 17.3 Å². The van der Waals surface area contributed by atoms with Gasteiger partial charge in [0.15, 0.2) is 0 Å². The van der Waals surface area contributed by atoms with Crippen LogP contribution in [0.1, 0.15) is 18.9 Å². The van der Waals surface area contributed by atoms with E-state index in [1.54, 1.807) is 18.5 Å². The number of pyridine rings is 1. The van der Waals surface area contributed by atoms with Gasteiger partial charge < -0.3 is 10.5 Å². The zero-order chi connectivity index (χ0) is 15.7. The Balaban J connectivity index is 2.77. The lowest BCUT2D eigenvalue weighted by molar-refractivity contribution is 0.162. The quantitative estimate of drug-likeness (QED) is 0.507. The molecule has 0 aliphatic carbocycles. The lowest BCUT2D eigenvalue weighted by Gasteiger charge is -2.22. The molecule has 1 aromatic rings. The zero-order valence-electron chi connectivity index (χ0n) is 12.1. The van der Waals surface area contributed by atoms with Gasteiger partial charge in [-0.15, -0.1) is 0 Å². The third-order valence-electron chi connectivity index (χ3n) is 2.77. The van der Waals surface area contributed by atoms with Crippen molar-refractivity contribution in [2.45, 2.75) is 19.9 Å². The summed E-state index contributed by atoms with van der Waals surface area (Å²) in [6, 6.07) is 3.60. The largest absolute Gasteiger partial charge is 0.393 e. The van der Waals surface area contributed by atoms with E-state index in [0.717, 1.165) is 5.56 Å². The molecule has 21 heavy (non-hydrogen) atoms. The second kappa shape index (κ2) is 9.04. The molecule has 0 aromatic carbocycles. The van der Waals surface area contributed by atoms with Crippen LogP contribution in [0.15, 0.2) is 24.5 Å². The second-order valence-corrected chi connectivity index (χ2v) is 7.04. The van der Waals surface area contributed by atoms with E-state index in [2.05, 4.69) is 4.98 Å². The van der Waals surface area contributed by atoms with E-state index < -0.39 is 10.0 Å². The summed E-state index contributed by atoms with van der Waals surface area (Å²) >= 11 is 4.83. The minimum absolute atomic E-state index is 0.0571. The Hall–Kier alpha value is -1.09. The summed E-state index contributed by atoms with van der Waals surface area (Å²) in [6.45, 7) is 3.01. The molecule has 1 aromatic heterocycles. The molecule has 0 fully saturated rings. The maximum Gasteiger partial charge on any atom is 0.216 e. The lowest BCUT2D eigenvalue weighted by atomic mass is 10.3. The topological polar surface area (TPSA) is 85.5 Å². The highest BCUT2D eigenvalue weighted by molar-refractivity contribution is 7.89. The molecule has 0 spiro atoms. The van der Waals surface area contributed by atoms with Crippen molar-refractivity contribution in [3.8, 4) is 0 Å². The molecule has 0 saturated carbocycles. The van der Waals surface area contributed by atoms with E-state index in [1.165, 1.54) is 4.31 Å². The number of nitrogens with zero attached hydrogens (tertiary/aromatic N) is 2. The van der Waals surface area contributed by atoms with Crippen LogP contribution in [0.4, 0.5) is 0 Å². The number of ether oxygens (including phenoxy) is 1. The molecule has 2 N–H and O–H groups in total.